The molecular formula is C28H29NO4. The van der Waals surface area contributed by atoms with Gasteiger partial charge in [-0.15, -0.1) is 0 Å². The van der Waals surface area contributed by atoms with Gasteiger partial charge in [-0.05, 0) is 59.7 Å². The van der Waals surface area contributed by atoms with Crippen molar-refractivity contribution in [3.8, 4) is 5.75 Å². The van der Waals surface area contributed by atoms with Gasteiger partial charge in [0.15, 0.2) is 5.78 Å². The number of hydrogen-bond acceptors (Lipinski definition) is 4. The molecule has 170 valence electrons. The minimum absolute atomic E-state index is 0.00873. The Kier molecular flexibility index (Phi) is 5.45. The molecule has 2 unspecified atom stereocenters. The van der Waals surface area contributed by atoms with Crippen LogP contribution in [-0.4, -0.2) is 24.6 Å². The third-order valence-corrected chi connectivity index (χ3v) is 7.50. The molecule has 0 saturated heterocycles. The first-order chi connectivity index (χ1) is 16.0. The van der Waals surface area contributed by atoms with Gasteiger partial charge >= 0.3 is 0 Å². The molecule has 0 bridgehead atoms. The Balaban J connectivity index is 1.53. The fourth-order valence-electron chi connectivity index (χ4n) is 5.73. The Morgan fingerprint density at radius 2 is 1.97 bits per heavy atom. The number of rotatable bonds is 5. The maximum Gasteiger partial charge on any atom is 0.251 e. The summed E-state index contributed by atoms with van der Waals surface area (Å²) in [6.45, 7) is 4.85. The fourth-order valence-corrected chi connectivity index (χ4v) is 5.73. The second kappa shape index (κ2) is 8.31. The lowest BCUT2D eigenvalue weighted by Crippen LogP contribution is -2.56. The molecule has 2 aromatic rings. The number of nitrogens with one attached hydrogen (secondary N) is 1. The molecule has 5 atom stereocenters. The standard InChI is InChI=1S/C28H29NO4/c1-4-19-14-21-23(30)12-13-28(32-3)26(21)25(17(19)2)22-15-20(10-11-24(22)33-28)27(31)29-16-18-8-6-5-7-9-18/h5-15,17,19,25-26H,4,16H2,1-3H3,(H,29,31)/t17-,19+,25?,26?,28-/m1/s1. The molecule has 0 spiro atoms. The molecular weight excluding hydrogens is 414 g/mol. The number of carbonyl (C=O) groups excluding carboxylic acids is 2. The van der Waals surface area contributed by atoms with Crippen molar-refractivity contribution in [3.63, 3.8) is 0 Å². The van der Waals surface area contributed by atoms with E-state index in [1.54, 1.807) is 25.3 Å². The summed E-state index contributed by atoms with van der Waals surface area (Å²) in [5, 5.41) is 3.01. The number of carbonyl (C=O) groups is 2. The third kappa shape index (κ3) is 3.51. The van der Waals surface area contributed by atoms with Crippen LogP contribution < -0.4 is 10.1 Å². The summed E-state index contributed by atoms with van der Waals surface area (Å²) in [5.41, 5.74) is 3.37. The van der Waals surface area contributed by atoms with E-state index in [2.05, 4.69) is 25.2 Å². The van der Waals surface area contributed by atoms with Crippen molar-refractivity contribution in [3.05, 3.63) is 89.0 Å². The molecule has 0 saturated carbocycles. The zero-order valence-electron chi connectivity index (χ0n) is 19.2. The largest absolute Gasteiger partial charge is 0.458 e. The highest BCUT2D eigenvalue weighted by Gasteiger charge is 2.57. The first-order valence-electron chi connectivity index (χ1n) is 11.6. The Morgan fingerprint density at radius 3 is 2.70 bits per heavy atom. The molecule has 5 rings (SSSR count). The van der Waals surface area contributed by atoms with Gasteiger partial charge in [0.05, 0.1) is 5.92 Å². The second-order valence-electron chi connectivity index (χ2n) is 9.20. The van der Waals surface area contributed by atoms with Gasteiger partial charge in [0.25, 0.3) is 5.91 Å². The van der Waals surface area contributed by atoms with Gasteiger partial charge < -0.3 is 14.8 Å². The van der Waals surface area contributed by atoms with Crippen molar-refractivity contribution in [2.45, 2.75) is 38.5 Å². The van der Waals surface area contributed by atoms with E-state index in [9.17, 15) is 9.59 Å². The van der Waals surface area contributed by atoms with Crippen molar-refractivity contribution in [1.29, 1.82) is 0 Å². The zero-order chi connectivity index (χ0) is 23.2. The van der Waals surface area contributed by atoms with Crippen LogP contribution in [0.3, 0.4) is 0 Å². The van der Waals surface area contributed by atoms with Crippen LogP contribution in [0.25, 0.3) is 0 Å². The number of methoxy groups -OCH3 is 1. The number of hydrogen-bond donors (Lipinski definition) is 1. The van der Waals surface area contributed by atoms with Gasteiger partial charge in [-0.3, -0.25) is 9.59 Å². The molecule has 1 heterocycles. The van der Waals surface area contributed by atoms with Crippen molar-refractivity contribution < 1.29 is 19.1 Å². The van der Waals surface area contributed by atoms with E-state index in [4.69, 9.17) is 9.47 Å². The summed E-state index contributed by atoms with van der Waals surface area (Å²) in [6.07, 6.45) is 6.39. The van der Waals surface area contributed by atoms with Crippen LogP contribution in [0.5, 0.6) is 5.75 Å². The molecule has 1 aliphatic heterocycles. The van der Waals surface area contributed by atoms with Crippen LogP contribution in [0, 0.1) is 17.8 Å². The van der Waals surface area contributed by atoms with Crippen LogP contribution in [-0.2, 0) is 16.1 Å². The number of benzene rings is 2. The highest BCUT2D eigenvalue weighted by Crippen LogP contribution is 2.58. The third-order valence-electron chi connectivity index (χ3n) is 7.50. The first kappa shape index (κ1) is 21.7. The van der Waals surface area contributed by atoms with Crippen LogP contribution in [0.4, 0.5) is 0 Å². The SMILES string of the molecule is CC[C@H]1C=C2C(=O)C=C[C@@]3(OC)Oc4ccc(C(=O)NCc5ccccc5)cc4C(C23)[C@@H]1C. The van der Waals surface area contributed by atoms with Crippen molar-refractivity contribution in [2.24, 2.45) is 17.8 Å². The summed E-state index contributed by atoms with van der Waals surface area (Å²) in [7, 11) is 1.63. The van der Waals surface area contributed by atoms with E-state index in [-0.39, 0.29) is 35.4 Å². The molecule has 3 aliphatic rings. The average Bonchev–Trinajstić information content (AvgIpc) is 2.85. The summed E-state index contributed by atoms with van der Waals surface area (Å²) < 4.78 is 12.3. The van der Waals surface area contributed by atoms with Crippen LogP contribution in [0.15, 0.2) is 72.3 Å². The predicted octanol–water partition coefficient (Wildman–Crippen LogP) is 4.79. The van der Waals surface area contributed by atoms with Gasteiger partial charge in [0, 0.05) is 30.7 Å². The summed E-state index contributed by atoms with van der Waals surface area (Å²) in [4.78, 5) is 25.8. The van der Waals surface area contributed by atoms with Gasteiger partial charge in [-0.2, -0.15) is 0 Å². The summed E-state index contributed by atoms with van der Waals surface area (Å²) >= 11 is 0. The Labute approximate surface area is 194 Å². The van der Waals surface area contributed by atoms with E-state index >= 15 is 0 Å². The Hall–Kier alpha value is -3.18. The first-order valence-corrected chi connectivity index (χ1v) is 11.6. The van der Waals surface area contributed by atoms with Gasteiger partial charge in [0.2, 0.25) is 5.79 Å². The fraction of sp³-hybridized carbons (Fsp3) is 0.357. The molecule has 2 aliphatic carbocycles. The molecule has 0 radical (unpaired) electrons. The molecule has 5 heteroatoms. The lowest BCUT2D eigenvalue weighted by molar-refractivity contribution is -0.179. The average molecular weight is 444 g/mol. The van der Waals surface area contributed by atoms with Crippen molar-refractivity contribution >= 4 is 11.7 Å². The zero-order valence-corrected chi connectivity index (χ0v) is 19.2. The maximum atomic E-state index is 13.0. The maximum absolute atomic E-state index is 13.0. The predicted molar refractivity (Wildman–Crippen MR) is 126 cm³/mol. The second-order valence-corrected chi connectivity index (χ2v) is 9.20. The van der Waals surface area contributed by atoms with Crippen LogP contribution >= 0.6 is 0 Å². The van der Waals surface area contributed by atoms with Crippen molar-refractivity contribution in [2.75, 3.05) is 7.11 Å². The van der Waals surface area contributed by atoms with Crippen LogP contribution in [0.1, 0.15) is 47.7 Å². The molecule has 0 aromatic heterocycles. The van der Waals surface area contributed by atoms with E-state index in [0.717, 1.165) is 23.1 Å². The molecule has 33 heavy (non-hydrogen) atoms. The monoisotopic (exact) mass is 443 g/mol. The van der Waals surface area contributed by atoms with Gasteiger partial charge in [-0.1, -0.05) is 50.3 Å². The van der Waals surface area contributed by atoms with Crippen molar-refractivity contribution in [1.82, 2.24) is 5.32 Å². The quantitative estimate of drug-likeness (QED) is 0.722. The molecule has 1 N–H and O–H groups in total. The topological polar surface area (TPSA) is 64.6 Å². The molecule has 1 amide bonds. The van der Waals surface area contributed by atoms with E-state index in [0.29, 0.717) is 17.9 Å². The number of ketones is 1. The highest BCUT2D eigenvalue weighted by molar-refractivity contribution is 6.06. The van der Waals surface area contributed by atoms with Gasteiger partial charge in [0.1, 0.15) is 5.75 Å². The van der Waals surface area contributed by atoms with Crippen LogP contribution in [0.2, 0.25) is 0 Å². The number of allylic oxidation sites excluding steroid dienone is 2. The van der Waals surface area contributed by atoms with Gasteiger partial charge in [-0.25, -0.2) is 0 Å². The lowest BCUT2D eigenvalue weighted by atomic mass is 9.59. The number of ether oxygens (including phenoxy) is 2. The molecule has 2 aromatic carbocycles. The Morgan fingerprint density at radius 1 is 1.18 bits per heavy atom. The van der Waals surface area contributed by atoms with E-state index in [1.165, 1.54) is 0 Å². The Bertz CT molecular complexity index is 1150. The van der Waals surface area contributed by atoms with E-state index < -0.39 is 5.79 Å². The summed E-state index contributed by atoms with van der Waals surface area (Å²) in [5.74, 6) is -0.109. The van der Waals surface area contributed by atoms with E-state index in [1.807, 2.05) is 42.5 Å². The minimum Gasteiger partial charge on any atom is -0.458 e. The normalized spacial score (nSPS) is 29.4. The minimum atomic E-state index is -1.01. The molecule has 0 fully saturated rings. The summed E-state index contributed by atoms with van der Waals surface area (Å²) in [6, 6.07) is 15.4. The number of amides is 1. The number of fused-ring (bicyclic) bond motifs is 2. The highest BCUT2D eigenvalue weighted by atomic mass is 16.7. The lowest BCUT2D eigenvalue weighted by Gasteiger charge is -2.52. The molecule has 5 nitrogen and oxygen atoms in total. The smallest absolute Gasteiger partial charge is 0.251 e.